The molecule has 1 unspecified atom stereocenters. The van der Waals surface area contributed by atoms with Crippen molar-refractivity contribution in [2.45, 2.75) is 19.5 Å². The van der Waals surface area contributed by atoms with Crippen molar-refractivity contribution in [3.05, 3.63) is 63.2 Å². The minimum atomic E-state index is -0.893. The lowest BCUT2D eigenvalue weighted by atomic mass is 10.2. The summed E-state index contributed by atoms with van der Waals surface area (Å²) in [6.45, 7) is 1.84. The number of rotatable bonds is 7. The van der Waals surface area contributed by atoms with Gasteiger partial charge in [0, 0.05) is 6.20 Å². The topological polar surface area (TPSA) is 117 Å². The molecule has 152 valence electrons. The maximum atomic E-state index is 13.0. The van der Waals surface area contributed by atoms with E-state index in [9.17, 15) is 19.3 Å². The Balaban J connectivity index is 1.72. The normalized spacial score (nSPS) is 11.9. The Morgan fingerprint density at radius 2 is 2.03 bits per heavy atom. The van der Waals surface area contributed by atoms with Crippen LogP contribution in [0.4, 0.5) is 15.9 Å². The van der Waals surface area contributed by atoms with E-state index in [4.69, 9.17) is 16.3 Å². The van der Waals surface area contributed by atoms with Gasteiger partial charge in [0.05, 0.1) is 18.6 Å². The lowest BCUT2D eigenvalue weighted by Gasteiger charge is -2.11. The first-order valence-electron chi connectivity index (χ1n) is 8.34. The first-order valence-corrected chi connectivity index (χ1v) is 8.72. The highest BCUT2D eigenvalue weighted by Gasteiger charge is 2.26. The van der Waals surface area contributed by atoms with Gasteiger partial charge in [0.25, 0.3) is 0 Å². The zero-order valence-electron chi connectivity index (χ0n) is 15.4. The maximum Gasteiger partial charge on any atom is 0.350 e. The molecule has 0 bridgehead atoms. The summed E-state index contributed by atoms with van der Waals surface area (Å²) in [5, 5.41) is 21.9. The van der Waals surface area contributed by atoms with Crippen LogP contribution in [0, 0.1) is 15.9 Å². The van der Waals surface area contributed by atoms with Gasteiger partial charge in [0.1, 0.15) is 23.1 Å². The molecule has 0 aliphatic rings. The third-order valence-electron chi connectivity index (χ3n) is 4.06. The second-order valence-corrected chi connectivity index (χ2v) is 6.48. The van der Waals surface area contributed by atoms with Crippen LogP contribution in [0.15, 0.2) is 36.7 Å². The van der Waals surface area contributed by atoms with E-state index in [1.807, 2.05) is 0 Å². The summed E-state index contributed by atoms with van der Waals surface area (Å²) < 4.78 is 20.5. The van der Waals surface area contributed by atoms with E-state index in [0.29, 0.717) is 6.54 Å². The molecule has 1 amide bonds. The van der Waals surface area contributed by atoms with Crippen LogP contribution in [0.5, 0.6) is 5.88 Å². The number of carbonyl (C=O) groups excluding carboxylic acids is 1. The molecule has 10 nitrogen and oxygen atoms in total. The minimum absolute atomic E-state index is 0.124. The van der Waals surface area contributed by atoms with Crippen molar-refractivity contribution in [1.82, 2.24) is 19.6 Å². The number of hydrogen-bond acceptors (Lipinski definition) is 6. The van der Waals surface area contributed by atoms with Crippen LogP contribution >= 0.6 is 11.6 Å². The monoisotopic (exact) mass is 422 g/mol. The Morgan fingerprint density at radius 3 is 2.62 bits per heavy atom. The van der Waals surface area contributed by atoms with Crippen molar-refractivity contribution in [2.75, 3.05) is 12.4 Å². The van der Waals surface area contributed by atoms with Gasteiger partial charge in [-0.2, -0.15) is 5.10 Å². The van der Waals surface area contributed by atoms with Gasteiger partial charge in [0.2, 0.25) is 5.91 Å². The highest BCUT2D eigenvalue weighted by molar-refractivity contribution is 6.33. The summed E-state index contributed by atoms with van der Waals surface area (Å²) in [6.07, 6.45) is 2.63. The maximum absolute atomic E-state index is 13.0. The van der Waals surface area contributed by atoms with Crippen LogP contribution in [0.25, 0.3) is 0 Å². The number of nitro groups is 1. The molecule has 29 heavy (non-hydrogen) atoms. The van der Waals surface area contributed by atoms with Crippen molar-refractivity contribution >= 4 is 29.0 Å². The van der Waals surface area contributed by atoms with E-state index in [1.165, 1.54) is 37.0 Å². The smallest absolute Gasteiger partial charge is 0.350 e. The highest BCUT2D eigenvalue weighted by atomic mass is 35.5. The molecule has 0 fully saturated rings. The summed E-state index contributed by atoms with van der Waals surface area (Å²) in [6, 6.07) is 5.01. The van der Waals surface area contributed by atoms with Crippen LogP contribution < -0.4 is 10.1 Å². The van der Waals surface area contributed by atoms with Gasteiger partial charge in [0.15, 0.2) is 5.82 Å². The predicted molar refractivity (Wildman–Crippen MR) is 102 cm³/mol. The average molecular weight is 423 g/mol. The van der Waals surface area contributed by atoms with Gasteiger partial charge in [-0.25, -0.2) is 9.07 Å². The molecule has 0 aliphatic heterocycles. The molecule has 0 saturated heterocycles. The fourth-order valence-corrected chi connectivity index (χ4v) is 2.71. The zero-order chi connectivity index (χ0) is 21.1. The van der Waals surface area contributed by atoms with Gasteiger partial charge in [-0.05, 0) is 24.6 Å². The SMILES string of the molecule is COc1nn(C(C)C(=O)Nc2nn(Cc3ccc(F)cc3)cc2Cl)cc1[N+](=O)[O-]. The first kappa shape index (κ1) is 20.3. The quantitative estimate of drug-likeness (QED) is 0.462. The van der Waals surface area contributed by atoms with Crippen molar-refractivity contribution in [1.29, 1.82) is 0 Å². The number of amides is 1. The van der Waals surface area contributed by atoms with Crippen molar-refractivity contribution < 1.29 is 18.8 Å². The van der Waals surface area contributed by atoms with Crippen LogP contribution in [-0.2, 0) is 11.3 Å². The van der Waals surface area contributed by atoms with Gasteiger partial charge in [-0.3, -0.25) is 19.6 Å². The molecular weight excluding hydrogens is 407 g/mol. The molecule has 3 rings (SSSR count). The van der Waals surface area contributed by atoms with E-state index < -0.39 is 16.9 Å². The molecule has 3 aromatic rings. The lowest BCUT2D eigenvalue weighted by molar-refractivity contribution is -0.385. The number of benzene rings is 1. The zero-order valence-corrected chi connectivity index (χ0v) is 16.1. The number of halogens is 2. The van der Waals surface area contributed by atoms with Crippen LogP contribution in [-0.4, -0.2) is 37.5 Å². The average Bonchev–Trinajstić information content (AvgIpc) is 3.26. The Kier molecular flexibility index (Phi) is 5.78. The summed E-state index contributed by atoms with van der Waals surface area (Å²) in [5.74, 6) is -0.945. The number of aromatic nitrogens is 4. The fraction of sp³-hybridized carbons (Fsp3) is 0.235. The molecule has 0 saturated carbocycles. The molecule has 1 aromatic carbocycles. The van der Waals surface area contributed by atoms with Crippen LogP contribution in [0.2, 0.25) is 5.02 Å². The Labute approximate surface area is 169 Å². The highest BCUT2D eigenvalue weighted by Crippen LogP contribution is 2.27. The van der Waals surface area contributed by atoms with Crippen molar-refractivity contribution in [3.8, 4) is 5.88 Å². The number of ether oxygens (including phenoxy) is 1. The van der Waals surface area contributed by atoms with Gasteiger partial charge in [-0.1, -0.05) is 23.7 Å². The van der Waals surface area contributed by atoms with E-state index in [1.54, 1.807) is 12.1 Å². The Hall–Kier alpha value is -3.47. The molecule has 12 heteroatoms. The number of anilines is 1. The molecule has 2 aromatic heterocycles. The largest absolute Gasteiger partial charge is 0.475 e. The summed E-state index contributed by atoms with van der Waals surface area (Å²) in [7, 11) is 1.25. The number of nitrogens with zero attached hydrogens (tertiary/aromatic N) is 5. The summed E-state index contributed by atoms with van der Waals surface area (Å²) in [4.78, 5) is 22.9. The number of methoxy groups -OCH3 is 1. The van der Waals surface area contributed by atoms with Gasteiger partial charge < -0.3 is 10.1 Å². The van der Waals surface area contributed by atoms with Gasteiger partial charge >= 0.3 is 11.6 Å². The van der Waals surface area contributed by atoms with E-state index in [-0.39, 0.29) is 28.2 Å². The number of hydrogen-bond donors (Lipinski definition) is 1. The standard InChI is InChI=1S/C17H16ClFN6O4/c1-10(24-9-14(25(27)28)17(22-24)29-2)16(26)20-15-13(18)8-23(21-15)7-11-3-5-12(19)6-4-11/h3-6,8-10H,7H2,1-2H3,(H,20,21,26). The van der Waals surface area contributed by atoms with Crippen molar-refractivity contribution in [3.63, 3.8) is 0 Å². The van der Waals surface area contributed by atoms with Gasteiger partial charge in [-0.15, -0.1) is 5.10 Å². The second-order valence-electron chi connectivity index (χ2n) is 6.08. The predicted octanol–water partition coefficient (Wildman–Crippen LogP) is 3.04. The van der Waals surface area contributed by atoms with E-state index in [2.05, 4.69) is 15.5 Å². The third-order valence-corrected chi connectivity index (χ3v) is 4.34. The lowest BCUT2D eigenvalue weighted by Crippen LogP contribution is -2.24. The second kappa shape index (κ2) is 8.27. The summed E-state index contributed by atoms with van der Waals surface area (Å²) in [5.41, 5.74) is 0.446. The molecular formula is C17H16ClFN6O4. The molecule has 0 aliphatic carbocycles. The molecule has 1 atom stereocenters. The number of carbonyl (C=O) groups is 1. The Morgan fingerprint density at radius 1 is 1.34 bits per heavy atom. The van der Waals surface area contributed by atoms with Crippen LogP contribution in [0.1, 0.15) is 18.5 Å². The fourth-order valence-electron chi connectivity index (χ4n) is 2.52. The molecule has 1 N–H and O–H groups in total. The van der Waals surface area contributed by atoms with Crippen LogP contribution in [0.3, 0.4) is 0 Å². The first-order chi connectivity index (χ1) is 13.8. The van der Waals surface area contributed by atoms with E-state index >= 15 is 0 Å². The minimum Gasteiger partial charge on any atom is -0.475 e. The van der Waals surface area contributed by atoms with Crippen molar-refractivity contribution in [2.24, 2.45) is 0 Å². The van der Waals surface area contributed by atoms with E-state index in [0.717, 1.165) is 16.4 Å². The Bertz CT molecular complexity index is 1050. The number of nitrogens with one attached hydrogen (secondary N) is 1. The molecule has 2 heterocycles. The summed E-state index contributed by atoms with van der Waals surface area (Å²) >= 11 is 6.13. The molecule has 0 spiro atoms. The molecule has 0 radical (unpaired) electrons. The third kappa shape index (κ3) is 4.51.